The third-order valence-electron chi connectivity index (χ3n) is 5.59. The number of hydrogen-bond donors (Lipinski definition) is 1. The summed E-state index contributed by atoms with van der Waals surface area (Å²) in [6.45, 7) is 4.13. The number of nitrogens with one attached hydrogen (secondary N) is 1. The second-order valence-electron chi connectivity index (χ2n) is 7.79. The van der Waals surface area contributed by atoms with Crippen LogP contribution < -0.4 is 5.32 Å². The van der Waals surface area contributed by atoms with E-state index in [1.54, 1.807) is 40.1 Å². The minimum atomic E-state index is -0.269. The van der Waals surface area contributed by atoms with E-state index in [1.165, 1.54) is 6.92 Å². The summed E-state index contributed by atoms with van der Waals surface area (Å²) in [4.78, 5) is 40.5. The normalized spacial score (nSPS) is 19.2. The maximum atomic E-state index is 13.2. The quantitative estimate of drug-likeness (QED) is 0.805. The average Bonchev–Trinajstić information content (AvgIpc) is 3.29. The molecule has 1 aromatic carbocycles. The van der Waals surface area contributed by atoms with E-state index in [9.17, 15) is 14.4 Å². The number of carbonyl (C=O) groups excluding carboxylic acids is 3. The molecular formula is C22H26N4O5. The number of hydrogen-bond acceptors (Lipinski definition) is 6. The van der Waals surface area contributed by atoms with Crippen molar-refractivity contribution in [2.45, 2.75) is 32.2 Å². The van der Waals surface area contributed by atoms with E-state index in [-0.39, 0.29) is 29.5 Å². The molecule has 4 rings (SSSR count). The third-order valence-corrected chi connectivity index (χ3v) is 5.59. The maximum Gasteiger partial charge on any atom is 0.276 e. The van der Waals surface area contributed by atoms with Gasteiger partial charge in [-0.2, -0.15) is 0 Å². The number of morpholine rings is 1. The second kappa shape index (κ2) is 9.30. The summed E-state index contributed by atoms with van der Waals surface area (Å²) in [5.74, 6) is 0.0690. The summed E-state index contributed by atoms with van der Waals surface area (Å²) in [5, 5.41) is 6.68. The Hall–Kier alpha value is -3.20. The van der Waals surface area contributed by atoms with Gasteiger partial charge in [-0.3, -0.25) is 14.4 Å². The molecule has 1 unspecified atom stereocenters. The Morgan fingerprint density at radius 2 is 1.77 bits per heavy atom. The van der Waals surface area contributed by atoms with Gasteiger partial charge in [0.05, 0.1) is 19.3 Å². The van der Waals surface area contributed by atoms with Crippen LogP contribution in [0.4, 0.5) is 5.69 Å². The Labute approximate surface area is 180 Å². The van der Waals surface area contributed by atoms with Crippen molar-refractivity contribution in [3.63, 3.8) is 0 Å². The summed E-state index contributed by atoms with van der Waals surface area (Å²) < 4.78 is 10.8. The fraction of sp³-hybridized carbons (Fsp3) is 0.455. The molecule has 2 aliphatic rings. The van der Waals surface area contributed by atoms with E-state index in [4.69, 9.17) is 9.26 Å². The summed E-state index contributed by atoms with van der Waals surface area (Å²) in [5.41, 5.74) is 1.43. The van der Waals surface area contributed by atoms with Crippen LogP contribution in [-0.2, 0) is 9.53 Å². The van der Waals surface area contributed by atoms with Gasteiger partial charge in [0.25, 0.3) is 11.8 Å². The van der Waals surface area contributed by atoms with Crippen LogP contribution in [0.25, 0.3) is 0 Å². The number of piperidine rings is 1. The SMILES string of the molecule is CC(=O)Nc1ccc(C(=O)N2CCCCC2c2cc(C(=O)N3CCOCC3)no2)cc1. The predicted molar refractivity (Wildman–Crippen MR) is 112 cm³/mol. The Kier molecular flexibility index (Phi) is 6.31. The fourth-order valence-corrected chi connectivity index (χ4v) is 4.01. The van der Waals surface area contributed by atoms with Gasteiger partial charge in [-0.05, 0) is 43.5 Å². The van der Waals surface area contributed by atoms with Crippen molar-refractivity contribution in [3.8, 4) is 0 Å². The zero-order valence-corrected chi connectivity index (χ0v) is 17.5. The van der Waals surface area contributed by atoms with Crippen LogP contribution in [0, 0.1) is 0 Å². The number of nitrogens with zero attached hydrogens (tertiary/aromatic N) is 3. The minimum absolute atomic E-state index is 0.114. The second-order valence-corrected chi connectivity index (χ2v) is 7.79. The highest BCUT2D eigenvalue weighted by molar-refractivity contribution is 5.96. The lowest BCUT2D eigenvalue weighted by Gasteiger charge is -2.34. The zero-order chi connectivity index (χ0) is 21.8. The first-order valence-corrected chi connectivity index (χ1v) is 10.5. The van der Waals surface area contributed by atoms with Crippen molar-refractivity contribution in [1.29, 1.82) is 0 Å². The summed E-state index contributed by atoms with van der Waals surface area (Å²) in [7, 11) is 0. The van der Waals surface area contributed by atoms with Crippen LogP contribution in [0.5, 0.6) is 0 Å². The van der Waals surface area contributed by atoms with Gasteiger partial charge >= 0.3 is 0 Å². The van der Waals surface area contributed by atoms with Crippen molar-refractivity contribution < 1.29 is 23.6 Å². The lowest BCUT2D eigenvalue weighted by Crippen LogP contribution is -2.40. The van der Waals surface area contributed by atoms with Gasteiger partial charge in [0.15, 0.2) is 11.5 Å². The van der Waals surface area contributed by atoms with Crippen LogP contribution in [0.2, 0.25) is 0 Å². The van der Waals surface area contributed by atoms with Crippen LogP contribution in [0.3, 0.4) is 0 Å². The van der Waals surface area contributed by atoms with Crippen molar-refractivity contribution in [1.82, 2.24) is 15.0 Å². The number of ether oxygens (including phenoxy) is 1. The number of benzene rings is 1. The summed E-state index contributed by atoms with van der Waals surface area (Å²) >= 11 is 0. The van der Waals surface area contributed by atoms with Crippen molar-refractivity contribution in [2.24, 2.45) is 0 Å². The van der Waals surface area contributed by atoms with E-state index in [1.807, 2.05) is 0 Å². The molecule has 0 radical (unpaired) electrons. The molecule has 164 valence electrons. The third kappa shape index (κ3) is 4.77. The van der Waals surface area contributed by atoms with E-state index < -0.39 is 0 Å². The van der Waals surface area contributed by atoms with Crippen LogP contribution in [0.1, 0.15) is 58.8 Å². The largest absolute Gasteiger partial charge is 0.378 e. The van der Waals surface area contributed by atoms with Crippen LogP contribution >= 0.6 is 0 Å². The molecule has 1 atom stereocenters. The first-order chi connectivity index (χ1) is 15.0. The Balaban J connectivity index is 1.50. The van der Waals surface area contributed by atoms with Gasteiger partial charge in [0.2, 0.25) is 5.91 Å². The fourth-order valence-electron chi connectivity index (χ4n) is 4.01. The van der Waals surface area contributed by atoms with E-state index >= 15 is 0 Å². The maximum absolute atomic E-state index is 13.2. The highest BCUT2D eigenvalue weighted by Crippen LogP contribution is 2.33. The number of carbonyl (C=O) groups is 3. The smallest absolute Gasteiger partial charge is 0.276 e. The topological polar surface area (TPSA) is 105 Å². The van der Waals surface area contributed by atoms with E-state index in [0.717, 1.165) is 19.3 Å². The monoisotopic (exact) mass is 426 g/mol. The van der Waals surface area contributed by atoms with Gasteiger partial charge in [0, 0.05) is 43.9 Å². The molecule has 2 fully saturated rings. The van der Waals surface area contributed by atoms with Gasteiger partial charge in [-0.25, -0.2) is 0 Å². The molecule has 2 aromatic rings. The molecule has 0 spiro atoms. The van der Waals surface area contributed by atoms with Crippen molar-refractivity contribution in [3.05, 3.63) is 47.3 Å². The number of aromatic nitrogens is 1. The first kappa shape index (κ1) is 21.0. The summed E-state index contributed by atoms with van der Waals surface area (Å²) in [6, 6.07) is 8.21. The number of anilines is 1. The van der Waals surface area contributed by atoms with Crippen molar-refractivity contribution in [2.75, 3.05) is 38.2 Å². The molecule has 3 amide bonds. The Morgan fingerprint density at radius 1 is 1.03 bits per heavy atom. The van der Waals surface area contributed by atoms with Crippen LogP contribution in [-0.4, -0.2) is 65.5 Å². The molecule has 31 heavy (non-hydrogen) atoms. The molecule has 0 saturated carbocycles. The van der Waals surface area contributed by atoms with Gasteiger partial charge in [0.1, 0.15) is 0 Å². The zero-order valence-electron chi connectivity index (χ0n) is 17.5. The molecule has 0 aliphatic carbocycles. The molecule has 0 bridgehead atoms. The number of rotatable bonds is 4. The molecule has 3 heterocycles. The molecule has 9 nitrogen and oxygen atoms in total. The van der Waals surface area contributed by atoms with Crippen LogP contribution in [0.15, 0.2) is 34.9 Å². The minimum Gasteiger partial charge on any atom is -0.378 e. The molecule has 2 saturated heterocycles. The van der Waals surface area contributed by atoms with E-state index in [0.29, 0.717) is 49.9 Å². The number of amides is 3. The summed E-state index contributed by atoms with van der Waals surface area (Å²) in [6.07, 6.45) is 2.61. The predicted octanol–water partition coefficient (Wildman–Crippen LogP) is 2.47. The van der Waals surface area contributed by atoms with Gasteiger partial charge in [-0.15, -0.1) is 0 Å². The van der Waals surface area contributed by atoms with Crippen molar-refractivity contribution >= 4 is 23.4 Å². The lowest BCUT2D eigenvalue weighted by atomic mass is 9.98. The average molecular weight is 426 g/mol. The molecular weight excluding hydrogens is 400 g/mol. The molecule has 2 aliphatic heterocycles. The first-order valence-electron chi connectivity index (χ1n) is 10.5. The highest BCUT2D eigenvalue weighted by atomic mass is 16.5. The standard InChI is InChI=1S/C22H26N4O5/c1-15(27)23-17-7-5-16(6-8-17)21(28)26-9-3-2-4-19(26)20-14-18(24-31-20)22(29)25-10-12-30-13-11-25/h5-8,14,19H,2-4,9-13H2,1H3,(H,23,27). The Bertz CT molecular complexity index is 949. The molecule has 1 aromatic heterocycles. The lowest BCUT2D eigenvalue weighted by molar-refractivity contribution is -0.114. The Morgan fingerprint density at radius 3 is 2.48 bits per heavy atom. The van der Waals surface area contributed by atoms with E-state index in [2.05, 4.69) is 10.5 Å². The molecule has 9 heteroatoms. The van der Waals surface area contributed by atoms with Gasteiger partial charge < -0.3 is 24.4 Å². The number of likely N-dealkylation sites (tertiary alicyclic amines) is 1. The highest BCUT2D eigenvalue weighted by Gasteiger charge is 2.33. The molecule has 1 N–H and O–H groups in total. The van der Waals surface area contributed by atoms with Gasteiger partial charge in [-0.1, -0.05) is 5.16 Å².